The zero-order valence-corrected chi connectivity index (χ0v) is 21.7. The van der Waals surface area contributed by atoms with Gasteiger partial charge in [-0.2, -0.15) is 0 Å². The lowest BCUT2D eigenvalue weighted by Gasteiger charge is -2.15. The minimum atomic E-state index is -2.62. The van der Waals surface area contributed by atoms with E-state index in [1.54, 1.807) is 36.4 Å². The van der Waals surface area contributed by atoms with E-state index in [9.17, 15) is 19.2 Å². The summed E-state index contributed by atoms with van der Waals surface area (Å²) in [6, 6.07) is 17.7. The van der Waals surface area contributed by atoms with E-state index in [1.807, 2.05) is 25.1 Å². The minimum Gasteiger partial charge on any atom is -0.504 e. The van der Waals surface area contributed by atoms with Gasteiger partial charge in [-0.05, 0) is 63.8 Å². The molecule has 0 radical (unpaired) electrons. The summed E-state index contributed by atoms with van der Waals surface area (Å²) in [6.45, 7) is 2.58. The molecule has 3 aromatic carbocycles. The maximum Gasteiger partial charge on any atom is 0.251 e. The van der Waals surface area contributed by atoms with Crippen LogP contribution in [0.4, 0.5) is 0 Å². The third-order valence-electron chi connectivity index (χ3n) is 6.63. The van der Waals surface area contributed by atoms with E-state index in [0.717, 1.165) is 40.2 Å². The number of amides is 1. The minimum absolute atomic E-state index is 0.128. The monoisotopic (exact) mass is 523 g/mol. The maximum absolute atomic E-state index is 12.9. The SMILES string of the molecule is CC[SH](=O)(S)c1ccc(CNC(=O)c2ccc3c(c2)nc(C2CC2)n3Cc2cccc(O)c2O)cc1. The number of nitrogens with one attached hydrogen (secondary N) is 1. The van der Waals surface area contributed by atoms with Crippen LogP contribution >= 0.6 is 11.7 Å². The van der Waals surface area contributed by atoms with Gasteiger partial charge in [0.1, 0.15) is 5.82 Å². The average Bonchev–Trinajstić information content (AvgIpc) is 3.67. The third-order valence-corrected chi connectivity index (χ3v) is 10.1. The van der Waals surface area contributed by atoms with Gasteiger partial charge in [0.15, 0.2) is 11.5 Å². The van der Waals surface area contributed by atoms with Crippen molar-refractivity contribution in [1.29, 1.82) is 0 Å². The Labute approximate surface area is 215 Å². The molecule has 0 aliphatic heterocycles. The number of phenolic OH excluding ortho intramolecular Hbond substituents is 2. The smallest absolute Gasteiger partial charge is 0.251 e. The zero-order chi connectivity index (χ0) is 25.4. The van der Waals surface area contributed by atoms with Crippen LogP contribution in [0.5, 0.6) is 11.5 Å². The summed E-state index contributed by atoms with van der Waals surface area (Å²) in [7, 11) is -2.62. The highest BCUT2D eigenvalue weighted by molar-refractivity contribution is 8.69. The normalized spacial score (nSPS) is 14.2. The molecule has 1 fully saturated rings. The molecule has 1 aliphatic rings. The first-order valence-corrected chi connectivity index (χ1v) is 15.0. The van der Waals surface area contributed by atoms with Crippen molar-refractivity contribution in [2.75, 3.05) is 5.75 Å². The van der Waals surface area contributed by atoms with Gasteiger partial charge in [-0.25, -0.2) is 4.98 Å². The molecule has 0 spiro atoms. The Morgan fingerprint density at radius 3 is 2.58 bits per heavy atom. The number of benzene rings is 3. The zero-order valence-electron chi connectivity index (χ0n) is 19.9. The number of hydrogen-bond donors (Lipinski definition) is 5. The number of fused-ring (bicyclic) bond motifs is 1. The molecule has 1 aromatic heterocycles. The van der Waals surface area contributed by atoms with Gasteiger partial charge in [0.2, 0.25) is 0 Å². The lowest BCUT2D eigenvalue weighted by atomic mass is 10.1. The number of rotatable bonds is 8. The Bertz CT molecular complexity index is 1490. The van der Waals surface area contributed by atoms with Crippen molar-refractivity contribution in [1.82, 2.24) is 14.9 Å². The second kappa shape index (κ2) is 9.63. The fraction of sp³-hybridized carbons (Fsp3) is 0.259. The summed E-state index contributed by atoms with van der Waals surface area (Å²) in [5.74, 6) is 1.29. The van der Waals surface area contributed by atoms with Crippen LogP contribution in [-0.2, 0) is 22.1 Å². The fourth-order valence-electron chi connectivity index (χ4n) is 4.30. The number of carbonyl (C=O) groups is 1. The number of para-hydroxylation sites is 1. The Morgan fingerprint density at radius 1 is 1.14 bits per heavy atom. The summed E-state index contributed by atoms with van der Waals surface area (Å²) in [5, 5.41) is 23.1. The number of phenols is 2. The molecule has 1 aliphatic carbocycles. The van der Waals surface area contributed by atoms with Crippen LogP contribution in [0.3, 0.4) is 0 Å². The van der Waals surface area contributed by atoms with Gasteiger partial charge in [-0.15, -0.1) is 11.7 Å². The first-order chi connectivity index (χ1) is 17.3. The number of imidazole rings is 1. The largest absolute Gasteiger partial charge is 0.504 e. The molecule has 0 unspecified atom stereocenters. The van der Waals surface area contributed by atoms with E-state index in [2.05, 4.69) is 21.5 Å². The molecule has 36 heavy (non-hydrogen) atoms. The topological polar surface area (TPSA) is 104 Å². The van der Waals surface area contributed by atoms with Gasteiger partial charge in [-0.1, -0.05) is 31.2 Å². The van der Waals surface area contributed by atoms with E-state index in [4.69, 9.17) is 4.98 Å². The highest BCUT2D eigenvalue weighted by Crippen LogP contribution is 2.41. The summed E-state index contributed by atoms with van der Waals surface area (Å²) in [4.78, 5) is 18.4. The number of hydrogen-bond acceptors (Lipinski definition) is 5. The predicted octanol–water partition coefficient (Wildman–Crippen LogP) is 4.54. The second-order valence-corrected chi connectivity index (χ2v) is 13.7. The molecule has 1 saturated carbocycles. The lowest BCUT2D eigenvalue weighted by Crippen LogP contribution is -2.22. The molecule has 0 saturated heterocycles. The van der Waals surface area contributed by atoms with Gasteiger partial charge < -0.3 is 20.1 Å². The second-order valence-electron chi connectivity index (χ2n) is 9.19. The molecule has 5 rings (SSSR count). The summed E-state index contributed by atoms with van der Waals surface area (Å²) in [5.41, 5.74) is 3.62. The number of aromatic nitrogens is 2. The number of carbonyl (C=O) groups excluding carboxylic acids is 1. The maximum atomic E-state index is 12.9. The van der Waals surface area contributed by atoms with Crippen molar-refractivity contribution in [2.24, 2.45) is 0 Å². The Balaban J connectivity index is 1.35. The Hall–Kier alpha value is -3.30. The number of nitrogens with zero attached hydrogens (tertiary/aromatic N) is 2. The van der Waals surface area contributed by atoms with Crippen LogP contribution in [0.2, 0.25) is 0 Å². The lowest BCUT2D eigenvalue weighted by molar-refractivity contribution is 0.0951. The van der Waals surface area contributed by atoms with Crippen molar-refractivity contribution in [3.63, 3.8) is 0 Å². The van der Waals surface area contributed by atoms with E-state index < -0.39 is 8.96 Å². The van der Waals surface area contributed by atoms with Crippen molar-refractivity contribution in [3.8, 4) is 11.5 Å². The standard InChI is InChI=1S/C27H29N3O4S2/c1-2-36(34,35)21-11-6-17(7-12-21)15-28-27(33)19-10-13-23-22(14-19)29-26(18-8-9-18)30(23)16-20-4-3-5-24(31)25(20)32/h3-7,10-14,18,31-32,36H,2,8-9,15-16H2,1H3,(H,28,33)(H,34,35). The first-order valence-electron chi connectivity index (χ1n) is 12.0. The molecular formula is C27H29N3O4S2. The van der Waals surface area contributed by atoms with Crippen LogP contribution < -0.4 is 5.32 Å². The van der Waals surface area contributed by atoms with Crippen LogP contribution in [0.15, 0.2) is 65.6 Å². The highest BCUT2D eigenvalue weighted by atomic mass is 33.1. The van der Waals surface area contributed by atoms with Crippen LogP contribution in [-0.4, -0.2) is 35.6 Å². The molecule has 9 heteroatoms. The molecule has 3 N–H and O–H groups in total. The van der Waals surface area contributed by atoms with Gasteiger partial charge in [0.25, 0.3) is 5.91 Å². The molecular weight excluding hydrogens is 494 g/mol. The first kappa shape index (κ1) is 24.4. The molecule has 1 heterocycles. The van der Waals surface area contributed by atoms with Crippen LogP contribution in [0, 0.1) is 0 Å². The van der Waals surface area contributed by atoms with E-state index in [-0.39, 0.29) is 17.4 Å². The van der Waals surface area contributed by atoms with Gasteiger partial charge in [0, 0.05) is 34.2 Å². The van der Waals surface area contributed by atoms with Crippen molar-refractivity contribution >= 4 is 37.6 Å². The van der Waals surface area contributed by atoms with Crippen molar-refractivity contribution in [2.45, 2.75) is 43.7 Å². The Kier molecular flexibility index (Phi) is 6.53. The van der Waals surface area contributed by atoms with Crippen molar-refractivity contribution in [3.05, 3.63) is 83.2 Å². The molecule has 4 aromatic rings. The van der Waals surface area contributed by atoms with Gasteiger partial charge >= 0.3 is 0 Å². The molecule has 7 nitrogen and oxygen atoms in total. The molecule has 188 valence electrons. The molecule has 0 atom stereocenters. The van der Waals surface area contributed by atoms with Crippen molar-refractivity contribution < 1.29 is 19.2 Å². The molecule has 0 bridgehead atoms. The summed E-state index contributed by atoms with van der Waals surface area (Å²) in [6.07, 6.45) is 2.12. The average molecular weight is 524 g/mol. The van der Waals surface area contributed by atoms with E-state index in [0.29, 0.717) is 35.9 Å². The predicted molar refractivity (Wildman–Crippen MR) is 146 cm³/mol. The summed E-state index contributed by atoms with van der Waals surface area (Å²) < 4.78 is 14.5. The Morgan fingerprint density at radius 2 is 1.89 bits per heavy atom. The van der Waals surface area contributed by atoms with E-state index in [1.165, 1.54) is 6.07 Å². The summed E-state index contributed by atoms with van der Waals surface area (Å²) >= 11 is 4.29. The number of thiol groups is 2. The van der Waals surface area contributed by atoms with Crippen LogP contribution in [0.1, 0.15) is 53.0 Å². The molecule has 1 amide bonds. The quantitative estimate of drug-likeness (QED) is 0.133. The number of aromatic hydroxyl groups is 2. The van der Waals surface area contributed by atoms with Crippen LogP contribution in [0.25, 0.3) is 11.0 Å². The van der Waals surface area contributed by atoms with Gasteiger partial charge in [-0.3, -0.25) is 9.00 Å². The highest BCUT2D eigenvalue weighted by Gasteiger charge is 2.30. The van der Waals surface area contributed by atoms with Gasteiger partial charge in [0.05, 0.1) is 17.6 Å². The third kappa shape index (κ3) is 4.85. The van der Waals surface area contributed by atoms with E-state index >= 15 is 0 Å². The fourth-order valence-corrected chi connectivity index (χ4v) is 5.68.